The number of amides is 1. The van der Waals surface area contributed by atoms with E-state index in [1.54, 1.807) is 13.3 Å². The minimum atomic E-state index is -0.426. The van der Waals surface area contributed by atoms with Gasteiger partial charge in [-0.25, -0.2) is 0 Å². The van der Waals surface area contributed by atoms with Gasteiger partial charge in [-0.1, -0.05) is 30.3 Å². The van der Waals surface area contributed by atoms with Gasteiger partial charge in [-0.15, -0.1) is 0 Å². The van der Waals surface area contributed by atoms with Crippen molar-refractivity contribution in [3.8, 4) is 5.75 Å². The molecule has 1 heterocycles. The first kappa shape index (κ1) is 18.5. The van der Waals surface area contributed by atoms with E-state index in [-0.39, 0.29) is 18.9 Å². The van der Waals surface area contributed by atoms with E-state index < -0.39 is 5.97 Å². The fraction of sp³-hybridized carbons (Fsp3) is 0.238. The Bertz CT molecular complexity index is 915. The number of carbonyl (C=O) groups is 2. The molecule has 3 aromatic rings. The van der Waals surface area contributed by atoms with Crippen LogP contribution in [0.1, 0.15) is 11.1 Å². The number of methoxy groups -OCH3 is 1. The van der Waals surface area contributed by atoms with Crippen LogP contribution >= 0.6 is 0 Å². The van der Waals surface area contributed by atoms with E-state index in [4.69, 9.17) is 9.47 Å². The van der Waals surface area contributed by atoms with Crippen LogP contribution in [-0.4, -0.2) is 37.1 Å². The van der Waals surface area contributed by atoms with E-state index in [2.05, 4.69) is 10.3 Å². The summed E-state index contributed by atoms with van der Waals surface area (Å²) in [6, 6.07) is 15.4. The topological polar surface area (TPSA) is 80.4 Å². The first-order chi connectivity index (χ1) is 13.2. The van der Waals surface area contributed by atoms with Gasteiger partial charge in [-0.3, -0.25) is 9.59 Å². The lowest BCUT2D eigenvalue weighted by Crippen LogP contribution is -2.30. The molecule has 0 aliphatic rings. The zero-order valence-electron chi connectivity index (χ0n) is 15.2. The first-order valence-electron chi connectivity index (χ1n) is 8.76. The van der Waals surface area contributed by atoms with Gasteiger partial charge in [0.25, 0.3) is 5.91 Å². The molecule has 2 N–H and O–H groups in total. The van der Waals surface area contributed by atoms with Crippen molar-refractivity contribution in [2.45, 2.75) is 12.8 Å². The number of aromatic nitrogens is 1. The predicted molar refractivity (Wildman–Crippen MR) is 103 cm³/mol. The summed E-state index contributed by atoms with van der Waals surface area (Å²) in [4.78, 5) is 26.9. The van der Waals surface area contributed by atoms with Crippen LogP contribution in [0.2, 0.25) is 0 Å². The summed E-state index contributed by atoms with van der Waals surface area (Å²) in [5.74, 6) is 0.0609. The molecule has 0 unspecified atom stereocenters. The average molecular weight is 366 g/mol. The summed E-state index contributed by atoms with van der Waals surface area (Å²) in [6.07, 6.45) is 2.61. The largest absolute Gasteiger partial charge is 0.497 e. The molecular weight excluding hydrogens is 344 g/mol. The molecule has 0 spiro atoms. The molecule has 3 rings (SSSR count). The van der Waals surface area contributed by atoms with E-state index in [0.717, 1.165) is 27.8 Å². The Balaban J connectivity index is 1.38. The van der Waals surface area contributed by atoms with Crippen molar-refractivity contribution < 1.29 is 19.1 Å². The highest BCUT2D eigenvalue weighted by Crippen LogP contribution is 2.18. The Kier molecular flexibility index (Phi) is 6.10. The van der Waals surface area contributed by atoms with Gasteiger partial charge in [0, 0.05) is 23.6 Å². The summed E-state index contributed by atoms with van der Waals surface area (Å²) in [5.41, 5.74) is 2.92. The van der Waals surface area contributed by atoms with Gasteiger partial charge in [0.2, 0.25) is 0 Å². The maximum absolute atomic E-state index is 12.0. The lowest BCUT2D eigenvalue weighted by atomic mass is 10.1. The molecule has 140 valence electrons. The standard InChI is InChI=1S/C21H22N2O4/c1-26-17-8-6-15(7-9-17)10-11-22-20(24)14-27-21(25)12-16-13-23-19-5-3-2-4-18(16)19/h2-9,13,23H,10-12,14H2,1H3,(H,22,24). The molecule has 1 amide bonds. The van der Waals surface area contributed by atoms with Gasteiger partial charge in [0.1, 0.15) is 5.75 Å². The number of nitrogens with one attached hydrogen (secondary N) is 2. The third-order valence-corrected chi connectivity index (χ3v) is 4.27. The molecule has 0 saturated heterocycles. The number of aromatic amines is 1. The zero-order valence-corrected chi connectivity index (χ0v) is 15.2. The molecule has 0 aliphatic carbocycles. The molecule has 27 heavy (non-hydrogen) atoms. The summed E-state index contributed by atoms with van der Waals surface area (Å²) in [6.45, 7) is 0.203. The molecule has 1 aromatic heterocycles. The number of ether oxygens (including phenoxy) is 2. The molecule has 6 heteroatoms. The Morgan fingerprint density at radius 2 is 1.85 bits per heavy atom. The molecule has 0 aliphatic heterocycles. The van der Waals surface area contributed by atoms with Crippen LogP contribution < -0.4 is 10.1 Å². The minimum Gasteiger partial charge on any atom is -0.497 e. The molecule has 0 radical (unpaired) electrons. The van der Waals surface area contributed by atoms with Crippen LogP contribution in [-0.2, 0) is 27.2 Å². The van der Waals surface area contributed by atoms with Crippen molar-refractivity contribution in [2.75, 3.05) is 20.3 Å². The number of hydrogen-bond acceptors (Lipinski definition) is 4. The lowest BCUT2D eigenvalue weighted by molar-refractivity contribution is -0.147. The average Bonchev–Trinajstić information content (AvgIpc) is 3.10. The monoisotopic (exact) mass is 366 g/mol. The van der Waals surface area contributed by atoms with Crippen LogP contribution in [0.4, 0.5) is 0 Å². The number of carbonyl (C=O) groups excluding carboxylic acids is 2. The third kappa shape index (κ3) is 5.10. The SMILES string of the molecule is COc1ccc(CCNC(=O)COC(=O)Cc2c[nH]c3ccccc23)cc1. The molecule has 0 fully saturated rings. The summed E-state index contributed by atoms with van der Waals surface area (Å²) in [7, 11) is 1.62. The molecular formula is C21H22N2O4. The molecule has 0 bridgehead atoms. The molecule has 2 aromatic carbocycles. The van der Waals surface area contributed by atoms with Crippen molar-refractivity contribution in [1.29, 1.82) is 0 Å². The van der Waals surface area contributed by atoms with Crippen LogP contribution in [0.25, 0.3) is 10.9 Å². The Morgan fingerprint density at radius 3 is 2.63 bits per heavy atom. The van der Waals surface area contributed by atoms with Crippen molar-refractivity contribution >= 4 is 22.8 Å². The number of fused-ring (bicyclic) bond motifs is 1. The molecule has 6 nitrogen and oxygen atoms in total. The van der Waals surface area contributed by atoms with Crippen LogP contribution in [0, 0.1) is 0 Å². The molecule has 0 saturated carbocycles. The quantitative estimate of drug-likeness (QED) is 0.601. The van der Waals surface area contributed by atoms with Gasteiger partial charge in [0.05, 0.1) is 13.5 Å². The van der Waals surface area contributed by atoms with Gasteiger partial charge in [-0.05, 0) is 35.7 Å². The van der Waals surface area contributed by atoms with E-state index in [0.29, 0.717) is 13.0 Å². The first-order valence-corrected chi connectivity index (χ1v) is 8.76. The number of benzene rings is 2. The fourth-order valence-electron chi connectivity index (χ4n) is 2.82. The number of esters is 1. The second-order valence-electron chi connectivity index (χ2n) is 6.14. The van der Waals surface area contributed by atoms with Crippen molar-refractivity contribution in [3.63, 3.8) is 0 Å². The normalized spacial score (nSPS) is 10.6. The Hall–Kier alpha value is -3.28. The predicted octanol–water partition coefficient (Wildman–Crippen LogP) is 2.62. The number of H-pyrrole nitrogens is 1. The Morgan fingerprint density at radius 1 is 1.07 bits per heavy atom. The summed E-state index contributed by atoms with van der Waals surface area (Å²) in [5, 5.41) is 3.73. The van der Waals surface area contributed by atoms with E-state index in [1.165, 1.54) is 0 Å². The highest BCUT2D eigenvalue weighted by Gasteiger charge is 2.11. The van der Waals surface area contributed by atoms with Crippen LogP contribution in [0.3, 0.4) is 0 Å². The fourth-order valence-corrected chi connectivity index (χ4v) is 2.82. The third-order valence-electron chi connectivity index (χ3n) is 4.27. The minimum absolute atomic E-state index is 0.128. The number of rotatable bonds is 8. The maximum atomic E-state index is 12.0. The highest BCUT2D eigenvalue weighted by molar-refractivity contribution is 5.88. The molecule has 0 atom stereocenters. The highest BCUT2D eigenvalue weighted by atomic mass is 16.5. The second-order valence-corrected chi connectivity index (χ2v) is 6.14. The van der Waals surface area contributed by atoms with E-state index in [1.807, 2.05) is 48.5 Å². The van der Waals surface area contributed by atoms with Crippen LogP contribution in [0.15, 0.2) is 54.7 Å². The smallest absolute Gasteiger partial charge is 0.310 e. The number of para-hydroxylation sites is 1. The zero-order chi connectivity index (χ0) is 19.1. The Labute approximate surface area is 157 Å². The maximum Gasteiger partial charge on any atom is 0.310 e. The van der Waals surface area contributed by atoms with Gasteiger partial charge in [0.15, 0.2) is 6.61 Å². The van der Waals surface area contributed by atoms with Crippen LogP contribution in [0.5, 0.6) is 5.75 Å². The summed E-state index contributed by atoms with van der Waals surface area (Å²) >= 11 is 0. The van der Waals surface area contributed by atoms with E-state index >= 15 is 0 Å². The number of hydrogen-bond donors (Lipinski definition) is 2. The lowest BCUT2D eigenvalue weighted by Gasteiger charge is -2.07. The van der Waals surface area contributed by atoms with Gasteiger partial charge < -0.3 is 19.8 Å². The van der Waals surface area contributed by atoms with Gasteiger partial charge in [-0.2, -0.15) is 0 Å². The van der Waals surface area contributed by atoms with Crippen molar-refractivity contribution in [2.24, 2.45) is 0 Å². The summed E-state index contributed by atoms with van der Waals surface area (Å²) < 4.78 is 10.2. The van der Waals surface area contributed by atoms with E-state index in [9.17, 15) is 9.59 Å². The second kappa shape index (κ2) is 8.89. The van der Waals surface area contributed by atoms with Crippen molar-refractivity contribution in [1.82, 2.24) is 10.3 Å². The van der Waals surface area contributed by atoms with Gasteiger partial charge >= 0.3 is 5.97 Å². The van der Waals surface area contributed by atoms with Crippen molar-refractivity contribution in [3.05, 3.63) is 65.9 Å².